The van der Waals surface area contributed by atoms with E-state index in [0.717, 1.165) is 44.1 Å². The molecule has 0 N–H and O–H groups in total. The minimum Gasteiger partial charge on any atom is -0.393 e. The summed E-state index contributed by atoms with van der Waals surface area (Å²) in [6.45, 7) is 6.56. The van der Waals surface area contributed by atoms with Crippen LogP contribution in [-0.4, -0.2) is 11.9 Å². The van der Waals surface area contributed by atoms with Crippen molar-refractivity contribution in [2.45, 2.75) is 206 Å². The predicted octanol–water partition coefficient (Wildman–Crippen LogP) is 13.7. The molecule has 1 aromatic carbocycles. The van der Waals surface area contributed by atoms with E-state index in [2.05, 4.69) is 13.8 Å². The van der Waals surface area contributed by atoms with Crippen LogP contribution in [0.4, 0.5) is 0 Å². The summed E-state index contributed by atoms with van der Waals surface area (Å²) in [4.78, 5) is 25.4. The molecule has 0 aliphatic carbocycles. The van der Waals surface area contributed by atoms with Gasteiger partial charge in [-0.05, 0) is 18.4 Å². The van der Waals surface area contributed by atoms with Crippen molar-refractivity contribution in [3.63, 3.8) is 0 Å². The Morgan fingerprint density at radius 2 is 0.804 bits per heavy atom. The van der Waals surface area contributed by atoms with Crippen molar-refractivity contribution >= 4 is 11.9 Å². The minimum absolute atomic E-state index is 0.0375. The summed E-state index contributed by atoms with van der Waals surface area (Å²) in [5, 5.41) is 0. The van der Waals surface area contributed by atoms with Gasteiger partial charge in [0.25, 0.3) is 5.95 Å². The number of esters is 2. The van der Waals surface area contributed by atoms with Gasteiger partial charge >= 0.3 is 11.9 Å². The molecule has 264 valence electrons. The lowest BCUT2D eigenvalue weighted by Crippen LogP contribution is -2.12. The number of unbranched alkanes of at least 4 members (excludes halogenated alkanes) is 24. The van der Waals surface area contributed by atoms with Gasteiger partial charge in [0.1, 0.15) is 0 Å². The van der Waals surface area contributed by atoms with Crippen molar-refractivity contribution < 1.29 is 19.1 Å². The van der Waals surface area contributed by atoms with Gasteiger partial charge < -0.3 is 9.47 Å². The van der Waals surface area contributed by atoms with Crippen molar-refractivity contribution in [2.75, 3.05) is 0 Å². The van der Waals surface area contributed by atoms with E-state index in [9.17, 15) is 9.59 Å². The fourth-order valence-electron chi connectivity index (χ4n) is 6.05. The van der Waals surface area contributed by atoms with Gasteiger partial charge in [-0.15, -0.1) is 0 Å². The Kier molecular flexibility index (Phi) is 28.7. The highest BCUT2D eigenvalue weighted by Crippen LogP contribution is 2.21. The lowest BCUT2D eigenvalue weighted by molar-refractivity contribution is -0.154. The van der Waals surface area contributed by atoms with Gasteiger partial charge in [0, 0.05) is 24.8 Å². The van der Waals surface area contributed by atoms with Gasteiger partial charge in [-0.3, -0.25) is 9.59 Å². The second-order valence-corrected chi connectivity index (χ2v) is 13.6. The van der Waals surface area contributed by atoms with Gasteiger partial charge in [-0.2, -0.15) is 0 Å². The lowest BCUT2D eigenvalue weighted by Gasteiger charge is -2.13. The molecule has 1 atom stereocenters. The van der Waals surface area contributed by atoms with Crippen molar-refractivity contribution in [1.29, 1.82) is 0 Å². The van der Waals surface area contributed by atoms with Crippen LogP contribution < -0.4 is 0 Å². The van der Waals surface area contributed by atoms with Crippen LogP contribution in [0.3, 0.4) is 0 Å². The number of carbonyl (C=O) groups is 2. The number of allylic oxidation sites excluding steroid dienone is 1. The fraction of sp³-hybridized carbons (Fsp3) is 0.762. The van der Waals surface area contributed by atoms with Gasteiger partial charge in [0.2, 0.25) is 0 Å². The number of rotatable bonds is 32. The standard InChI is InChI=1S/C42H72O4/c1-4-6-8-10-12-14-16-18-20-22-24-26-31-35-40(43)45-42(37-38(3)39-33-29-28-30-34-39)46-41(44)36-32-27-25-23-21-19-17-15-13-11-9-7-5-2/h28-30,33-34,37-38H,4-27,31-32,35-36H2,1-3H3. The first-order chi connectivity index (χ1) is 22.6. The molecule has 0 bridgehead atoms. The van der Waals surface area contributed by atoms with E-state index in [1.165, 1.54) is 128 Å². The molecule has 0 heterocycles. The Bertz CT molecular complexity index is 816. The van der Waals surface area contributed by atoms with E-state index >= 15 is 0 Å². The second kappa shape index (κ2) is 31.5. The molecule has 46 heavy (non-hydrogen) atoms. The quantitative estimate of drug-likeness (QED) is 0.0447. The molecule has 1 unspecified atom stereocenters. The first-order valence-corrected chi connectivity index (χ1v) is 19.7. The van der Waals surface area contributed by atoms with Crippen LogP contribution in [0.15, 0.2) is 42.4 Å². The van der Waals surface area contributed by atoms with E-state index in [4.69, 9.17) is 9.47 Å². The normalized spacial score (nSPS) is 11.7. The molecule has 0 amide bonds. The summed E-state index contributed by atoms with van der Waals surface area (Å²) >= 11 is 0. The maximum Gasteiger partial charge on any atom is 0.313 e. The third-order valence-corrected chi connectivity index (χ3v) is 9.11. The zero-order valence-corrected chi connectivity index (χ0v) is 30.5. The summed E-state index contributed by atoms with van der Waals surface area (Å²) in [6.07, 6.45) is 35.4. The number of carbonyl (C=O) groups excluding carboxylic acids is 2. The lowest BCUT2D eigenvalue weighted by atomic mass is 10.0. The zero-order valence-electron chi connectivity index (χ0n) is 30.5. The fourth-order valence-corrected chi connectivity index (χ4v) is 6.05. The van der Waals surface area contributed by atoms with E-state index in [1.54, 1.807) is 6.08 Å². The van der Waals surface area contributed by atoms with Crippen LogP contribution in [0.5, 0.6) is 0 Å². The van der Waals surface area contributed by atoms with E-state index in [-0.39, 0.29) is 23.8 Å². The van der Waals surface area contributed by atoms with Gasteiger partial charge in [0.15, 0.2) is 0 Å². The van der Waals surface area contributed by atoms with Crippen molar-refractivity contribution in [1.82, 2.24) is 0 Å². The largest absolute Gasteiger partial charge is 0.393 e. The topological polar surface area (TPSA) is 52.6 Å². The molecule has 1 aromatic rings. The molecule has 0 spiro atoms. The maximum absolute atomic E-state index is 12.7. The number of hydrogen-bond donors (Lipinski definition) is 0. The summed E-state index contributed by atoms with van der Waals surface area (Å²) in [7, 11) is 0. The first-order valence-electron chi connectivity index (χ1n) is 19.7. The Morgan fingerprint density at radius 3 is 1.13 bits per heavy atom. The average Bonchev–Trinajstić information content (AvgIpc) is 3.05. The summed E-state index contributed by atoms with van der Waals surface area (Å²) in [5.74, 6) is -0.632. The molecular formula is C42H72O4. The molecule has 0 radical (unpaired) electrons. The molecule has 4 nitrogen and oxygen atoms in total. The first kappa shape index (κ1) is 41.9. The molecular weight excluding hydrogens is 568 g/mol. The average molecular weight is 641 g/mol. The summed E-state index contributed by atoms with van der Waals surface area (Å²) < 4.78 is 11.2. The van der Waals surface area contributed by atoms with Crippen molar-refractivity contribution in [3.05, 3.63) is 47.9 Å². The molecule has 0 aliphatic rings. The molecule has 4 heteroatoms. The molecule has 0 aromatic heterocycles. The van der Waals surface area contributed by atoms with Crippen LogP contribution in [0.25, 0.3) is 0 Å². The van der Waals surface area contributed by atoms with Crippen LogP contribution in [-0.2, 0) is 19.1 Å². The predicted molar refractivity (Wildman–Crippen MR) is 196 cm³/mol. The molecule has 1 rings (SSSR count). The highest BCUT2D eigenvalue weighted by molar-refractivity contribution is 5.73. The van der Waals surface area contributed by atoms with Crippen molar-refractivity contribution in [2.24, 2.45) is 0 Å². The van der Waals surface area contributed by atoms with Crippen LogP contribution in [0, 0.1) is 0 Å². The van der Waals surface area contributed by atoms with E-state index in [1.807, 2.05) is 37.3 Å². The summed E-state index contributed by atoms with van der Waals surface area (Å²) in [6, 6.07) is 10.0. The Balaban J connectivity index is 2.28. The highest BCUT2D eigenvalue weighted by atomic mass is 16.7. The van der Waals surface area contributed by atoms with E-state index < -0.39 is 0 Å². The van der Waals surface area contributed by atoms with Crippen LogP contribution in [0.1, 0.15) is 212 Å². The Morgan fingerprint density at radius 1 is 0.500 bits per heavy atom. The second-order valence-electron chi connectivity index (χ2n) is 13.6. The number of hydrogen-bond acceptors (Lipinski definition) is 4. The smallest absolute Gasteiger partial charge is 0.313 e. The third-order valence-electron chi connectivity index (χ3n) is 9.11. The van der Waals surface area contributed by atoms with Gasteiger partial charge in [0.05, 0.1) is 0 Å². The Hall–Kier alpha value is -2.10. The molecule has 0 fully saturated rings. The van der Waals surface area contributed by atoms with E-state index in [0.29, 0.717) is 12.8 Å². The van der Waals surface area contributed by atoms with Crippen LogP contribution >= 0.6 is 0 Å². The summed E-state index contributed by atoms with van der Waals surface area (Å²) in [5.41, 5.74) is 1.08. The number of benzene rings is 1. The molecule has 0 saturated heterocycles. The molecule has 0 saturated carbocycles. The van der Waals surface area contributed by atoms with Crippen LogP contribution in [0.2, 0.25) is 0 Å². The van der Waals surface area contributed by atoms with Crippen molar-refractivity contribution in [3.8, 4) is 0 Å². The minimum atomic E-state index is -0.316. The van der Waals surface area contributed by atoms with Gasteiger partial charge in [-0.1, -0.05) is 205 Å². The number of ether oxygens (including phenoxy) is 2. The zero-order chi connectivity index (χ0) is 33.3. The highest BCUT2D eigenvalue weighted by Gasteiger charge is 2.15. The third kappa shape index (κ3) is 26.0. The maximum atomic E-state index is 12.7. The molecule has 0 aliphatic heterocycles. The SMILES string of the molecule is CCCCCCCCCCCCCCCC(=O)OC(=CC(C)c1ccccc1)OC(=O)CCCCCCCCCCCCCCC. The Labute approximate surface area is 284 Å². The monoisotopic (exact) mass is 641 g/mol. The van der Waals surface area contributed by atoms with Gasteiger partial charge in [-0.25, -0.2) is 0 Å².